The van der Waals surface area contributed by atoms with Gasteiger partial charge in [0.25, 0.3) is 0 Å². The highest BCUT2D eigenvalue weighted by Crippen LogP contribution is 2.34. The molecule has 30 heavy (non-hydrogen) atoms. The molecule has 0 radical (unpaired) electrons. The van der Waals surface area contributed by atoms with Crippen molar-refractivity contribution in [3.63, 3.8) is 0 Å². The van der Waals surface area contributed by atoms with Gasteiger partial charge in [-0.05, 0) is 55.7 Å². The molecule has 1 fully saturated rings. The van der Waals surface area contributed by atoms with E-state index in [-0.39, 0.29) is 0 Å². The molecule has 3 aromatic rings. The maximum atomic E-state index is 6.03. The van der Waals surface area contributed by atoms with E-state index in [1.54, 1.807) is 0 Å². The zero-order valence-electron chi connectivity index (χ0n) is 17.0. The van der Waals surface area contributed by atoms with Gasteiger partial charge in [-0.3, -0.25) is 4.98 Å². The molecule has 1 aromatic carbocycles. The van der Waals surface area contributed by atoms with Crippen LogP contribution in [0.1, 0.15) is 22.4 Å². The number of fused-ring (bicyclic) bond motifs is 2. The second-order valence-electron chi connectivity index (χ2n) is 7.94. The molecule has 0 amide bonds. The van der Waals surface area contributed by atoms with Crippen LogP contribution in [-0.4, -0.2) is 35.6 Å². The van der Waals surface area contributed by atoms with E-state index in [1.165, 1.54) is 26.7 Å². The molecule has 4 nitrogen and oxygen atoms in total. The molecule has 0 spiro atoms. The van der Waals surface area contributed by atoms with Gasteiger partial charge in [-0.15, -0.1) is 11.3 Å². The average Bonchev–Trinajstić information content (AvgIpc) is 3.06. The predicted octanol–water partition coefficient (Wildman–Crippen LogP) is 3.33. The number of aromatic nitrogens is 1. The molecule has 2 aromatic heterocycles. The first kappa shape index (κ1) is 19.6. The quantitative estimate of drug-likeness (QED) is 0.658. The molecule has 2 aliphatic rings. The lowest BCUT2D eigenvalue weighted by atomic mass is 10.0. The van der Waals surface area contributed by atoms with Crippen LogP contribution < -0.4 is 21.2 Å². The van der Waals surface area contributed by atoms with E-state index >= 15 is 0 Å². The summed E-state index contributed by atoms with van der Waals surface area (Å²) < 4.78 is 0. The second kappa shape index (κ2) is 8.42. The number of hydrogen-bond donors (Lipinski definition) is 2. The number of halogens is 1. The fraction of sp³-hybridized carbons (Fsp3) is 0.292. The van der Waals surface area contributed by atoms with Crippen LogP contribution >= 0.6 is 22.9 Å². The Hall–Kier alpha value is -2.34. The smallest absolute Gasteiger partial charge is 0.102 e. The zero-order valence-corrected chi connectivity index (χ0v) is 18.6. The standard InChI is InChI=1S/C24H25ClN4S/c1-16-13-21-23(22-18(3-2-10-27-22)14-28-24(21)30-16)29-12-11-26-20(15-29)9-6-17-4-7-19(25)8-5-17/h2-5,7-8,10,13-14,20,26,28H,6,9,11-12,15H2,1H3. The molecule has 6 heteroatoms. The minimum Gasteiger partial charge on any atom is -0.366 e. The van der Waals surface area contributed by atoms with Crippen molar-refractivity contribution in [2.45, 2.75) is 25.8 Å². The molecule has 4 heterocycles. The van der Waals surface area contributed by atoms with E-state index in [0.717, 1.165) is 48.1 Å². The lowest BCUT2D eigenvalue weighted by Gasteiger charge is -2.36. The Morgan fingerprint density at radius 1 is 1.23 bits per heavy atom. The fourth-order valence-corrected chi connectivity index (χ4v) is 5.34. The third kappa shape index (κ3) is 3.97. The van der Waals surface area contributed by atoms with Crippen molar-refractivity contribution in [3.8, 4) is 0 Å². The van der Waals surface area contributed by atoms with Crippen molar-refractivity contribution < 1.29 is 0 Å². The van der Waals surface area contributed by atoms with E-state index < -0.39 is 0 Å². The summed E-state index contributed by atoms with van der Waals surface area (Å²) in [5, 5.41) is 11.4. The number of pyridine rings is 1. The first-order valence-electron chi connectivity index (χ1n) is 10.4. The van der Waals surface area contributed by atoms with Crippen molar-refractivity contribution in [1.29, 1.82) is 0 Å². The Bertz CT molecular complexity index is 1170. The van der Waals surface area contributed by atoms with Crippen molar-refractivity contribution >= 4 is 39.8 Å². The number of thiophene rings is 1. The molecule has 1 unspecified atom stereocenters. The number of aryl methyl sites for hydroxylation is 2. The van der Waals surface area contributed by atoms with Crippen molar-refractivity contribution in [2.75, 3.05) is 25.0 Å². The third-order valence-corrected chi connectivity index (χ3v) is 7.03. The minimum atomic E-state index is 0.442. The number of nitrogens with zero attached hydrogens (tertiary/aromatic N) is 2. The van der Waals surface area contributed by atoms with Gasteiger partial charge in [0.15, 0.2) is 0 Å². The van der Waals surface area contributed by atoms with Gasteiger partial charge in [0.05, 0.1) is 11.0 Å². The van der Waals surface area contributed by atoms with E-state index in [0.29, 0.717) is 6.04 Å². The van der Waals surface area contributed by atoms with Gasteiger partial charge in [-0.2, -0.15) is 0 Å². The average molecular weight is 437 g/mol. The number of benzene rings is 1. The molecule has 0 saturated carbocycles. The highest BCUT2D eigenvalue weighted by atomic mass is 35.5. The number of rotatable bonds is 4. The third-order valence-electron chi connectivity index (χ3n) is 5.80. The van der Waals surface area contributed by atoms with Gasteiger partial charge < -0.3 is 15.5 Å². The highest BCUT2D eigenvalue weighted by Gasteiger charge is 2.26. The van der Waals surface area contributed by atoms with Crippen molar-refractivity contribution in [2.24, 2.45) is 0 Å². The molecule has 5 rings (SSSR count). The second-order valence-corrected chi connectivity index (χ2v) is 9.63. The van der Waals surface area contributed by atoms with Crippen molar-refractivity contribution in [1.82, 2.24) is 15.2 Å². The first-order valence-corrected chi connectivity index (χ1v) is 11.6. The minimum absolute atomic E-state index is 0.442. The molecule has 0 aliphatic carbocycles. The van der Waals surface area contributed by atoms with Crippen LogP contribution in [0.4, 0.5) is 5.00 Å². The van der Waals surface area contributed by atoms with Gasteiger partial charge in [0, 0.05) is 58.8 Å². The topological polar surface area (TPSA) is 40.2 Å². The highest BCUT2D eigenvalue weighted by molar-refractivity contribution is 7.16. The summed E-state index contributed by atoms with van der Waals surface area (Å²) in [6.07, 6.45) is 6.13. The Kier molecular flexibility index (Phi) is 5.50. The molecule has 1 saturated heterocycles. The summed E-state index contributed by atoms with van der Waals surface area (Å²) in [6.45, 7) is 5.11. The summed E-state index contributed by atoms with van der Waals surface area (Å²) in [6, 6.07) is 15.1. The van der Waals surface area contributed by atoms with Crippen LogP contribution in [0.25, 0.3) is 11.9 Å². The van der Waals surface area contributed by atoms with Gasteiger partial charge in [-0.25, -0.2) is 0 Å². The van der Waals surface area contributed by atoms with Crippen LogP contribution in [0.5, 0.6) is 0 Å². The van der Waals surface area contributed by atoms with Crippen LogP contribution in [0.3, 0.4) is 0 Å². The van der Waals surface area contributed by atoms with Crippen LogP contribution in [0.2, 0.25) is 5.02 Å². The molecule has 1 atom stereocenters. The lowest BCUT2D eigenvalue weighted by Crippen LogP contribution is -2.51. The van der Waals surface area contributed by atoms with Crippen LogP contribution in [0.15, 0.2) is 48.7 Å². The predicted molar refractivity (Wildman–Crippen MR) is 126 cm³/mol. The number of anilines is 1. The molecular weight excluding hydrogens is 412 g/mol. The Morgan fingerprint density at radius 3 is 2.97 bits per heavy atom. The van der Waals surface area contributed by atoms with E-state index in [2.05, 4.69) is 52.9 Å². The summed E-state index contributed by atoms with van der Waals surface area (Å²) in [5.41, 5.74) is 3.86. The van der Waals surface area contributed by atoms with Crippen LogP contribution in [-0.2, 0) is 6.42 Å². The van der Waals surface area contributed by atoms with Gasteiger partial charge in [0.1, 0.15) is 5.00 Å². The van der Waals surface area contributed by atoms with Gasteiger partial charge in [-0.1, -0.05) is 23.7 Å². The number of piperazine rings is 1. The summed E-state index contributed by atoms with van der Waals surface area (Å²) >= 11 is 7.84. The lowest BCUT2D eigenvalue weighted by molar-refractivity contribution is 0.268. The first-order chi connectivity index (χ1) is 14.7. The maximum Gasteiger partial charge on any atom is 0.102 e. The monoisotopic (exact) mass is 436 g/mol. The van der Waals surface area contributed by atoms with E-state index in [1.807, 2.05) is 35.7 Å². The summed E-state index contributed by atoms with van der Waals surface area (Å²) in [5.74, 6) is 0. The summed E-state index contributed by atoms with van der Waals surface area (Å²) in [7, 11) is 0. The molecule has 0 bridgehead atoms. The maximum absolute atomic E-state index is 6.03. The van der Waals surface area contributed by atoms with E-state index in [9.17, 15) is 0 Å². The SMILES string of the molecule is Cc1cc2c(s1)NC=c1cccnc1=C2N1CCNC(CCc2ccc(Cl)cc2)C1. The fourth-order valence-electron chi connectivity index (χ4n) is 4.33. The largest absolute Gasteiger partial charge is 0.366 e. The Morgan fingerprint density at radius 2 is 2.10 bits per heavy atom. The normalized spacial score (nSPS) is 18.1. The van der Waals surface area contributed by atoms with Gasteiger partial charge in [0.2, 0.25) is 0 Å². The molecule has 2 aliphatic heterocycles. The van der Waals surface area contributed by atoms with Crippen molar-refractivity contribution in [3.05, 3.63) is 80.3 Å². The zero-order chi connectivity index (χ0) is 20.5. The summed E-state index contributed by atoms with van der Waals surface area (Å²) in [4.78, 5) is 8.63. The molecular formula is C24H25ClN4S. The van der Waals surface area contributed by atoms with Gasteiger partial charge >= 0.3 is 0 Å². The Balaban J connectivity index is 1.44. The van der Waals surface area contributed by atoms with Crippen LogP contribution in [0, 0.1) is 6.92 Å². The molecule has 154 valence electrons. The van der Waals surface area contributed by atoms with E-state index in [4.69, 9.17) is 16.6 Å². The Labute approximate surface area is 185 Å². The number of nitrogens with one attached hydrogen (secondary N) is 2. The molecule has 2 N–H and O–H groups in total. The number of hydrogen-bond acceptors (Lipinski definition) is 5.